The Balaban J connectivity index is 2.08. The third-order valence-electron chi connectivity index (χ3n) is 3.76. The van der Waals surface area contributed by atoms with Crippen LogP contribution in [-0.2, 0) is 9.53 Å². The van der Waals surface area contributed by atoms with E-state index in [-0.39, 0.29) is 11.9 Å². The summed E-state index contributed by atoms with van der Waals surface area (Å²) in [7, 11) is 0. The molecule has 19 heavy (non-hydrogen) atoms. The maximum Gasteiger partial charge on any atom is 0.313 e. The third kappa shape index (κ3) is 3.95. The Morgan fingerprint density at radius 2 is 2.00 bits per heavy atom. The number of ether oxygens (including phenoxy) is 1. The van der Waals surface area contributed by atoms with Gasteiger partial charge in [0.15, 0.2) is 0 Å². The number of benzene rings is 1. The van der Waals surface area contributed by atoms with Gasteiger partial charge in [-0.25, -0.2) is 0 Å². The number of hydrogen-bond donors (Lipinski definition) is 0. The summed E-state index contributed by atoms with van der Waals surface area (Å²) in [4.78, 5) is 12.1. The summed E-state index contributed by atoms with van der Waals surface area (Å²) >= 11 is 0. The van der Waals surface area contributed by atoms with E-state index in [2.05, 4.69) is 0 Å². The molecule has 0 radical (unpaired) electrons. The predicted molar refractivity (Wildman–Crippen MR) is 77.6 cm³/mol. The van der Waals surface area contributed by atoms with Crippen molar-refractivity contribution < 1.29 is 9.53 Å². The number of carbonyl (C=O) groups is 1. The second-order valence-corrected chi connectivity index (χ2v) is 5.09. The van der Waals surface area contributed by atoms with Gasteiger partial charge in [-0.15, -0.1) is 0 Å². The van der Waals surface area contributed by atoms with E-state index >= 15 is 0 Å². The van der Waals surface area contributed by atoms with Crippen molar-refractivity contribution in [3.63, 3.8) is 0 Å². The smallest absolute Gasteiger partial charge is 0.313 e. The van der Waals surface area contributed by atoms with E-state index in [4.69, 9.17) is 4.74 Å². The number of hydrogen-bond acceptors (Lipinski definition) is 2. The van der Waals surface area contributed by atoms with Crippen LogP contribution < -0.4 is 0 Å². The zero-order valence-corrected chi connectivity index (χ0v) is 11.5. The van der Waals surface area contributed by atoms with Gasteiger partial charge in [-0.05, 0) is 31.2 Å². The van der Waals surface area contributed by atoms with Gasteiger partial charge in [0.25, 0.3) is 0 Å². The fraction of sp³-hybridized carbons (Fsp3) is 0.471. The monoisotopic (exact) mass is 258 g/mol. The highest BCUT2D eigenvalue weighted by Gasteiger charge is 2.29. The first-order valence-corrected chi connectivity index (χ1v) is 7.21. The van der Waals surface area contributed by atoms with Crippen LogP contribution in [0.4, 0.5) is 0 Å². The number of esters is 1. The maximum absolute atomic E-state index is 12.1. The van der Waals surface area contributed by atoms with Crippen LogP contribution in [0.5, 0.6) is 0 Å². The van der Waals surface area contributed by atoms with Crippen molar-refractivity contribution in [1.82, 2.24) is 0 Å². The Morgan fingerprint density at radius 3 is 2.63 bits per heavy atom. The average Bonchev–Trinajstić information content (AvgIpc) is 2.94. The largest absolute Gasteiger partial charge is 0.466 e. The highest BCUT2D eigenvalue weighted by atomic mass is 16.5. The van der Waals surface area contributed by atoms with Crippen molar-refractivity contribution in [3.05, 3.63) is 42.0 Å². The molecule has 102 valence electrons. The molecule has 0 bridgehead atoms. The lowest BCUT2D eigenvalue weighted by molar-refractivity contribution is -0.147. The molecule has 1 aromatic rings. The van der Waals surface area contributed by atoms with Crippen molar-refractivity contribution in [2.24, 2.45) is 11.8 Å². The minimum Gasteiger partial charge on any atom is -0.466 e. The second kappa shape index (κ2) is 7.13. The zero-order chi connectivity index (χ0) is 13.5. The fourth-order valence-electron chi connectivity index (χ4n) is 2.76. The highest BCUT2D eigenvalue weighted by Crippen LogP contribution is 2.33. The van der Waals surface area contributed by atoms with Crippen LogP contribution in [0.3, 0.4) is 0 Å². The van der Waals surface area contributed by atoms with Gasteiger partial charge < -0.3 is 4.74 Å². The SMILES string of the molecule is CCOC(=O)[C@@H](/C=C/c1ccccc1)C1CCCC1. The molecule has 0 saturated heterocycles. The molecule has 1 aliphatic rings. The van der Waals surface area contributed by atoms with Crippen LogP contribution in [0, 0.1) is 11.8 Å². The zero-order valence-electron chi connectivity index (χ0n) is 11.5. The molecule has 0 heterocycles. The van der Waals surface area contributed by atoms with Gasteiger partial charge in [0.2, 0.25) is 0 Å². The van der Waals surface area contributed by atoms with Crippen molar-refractivity contribution in [1.29, 1.82) is 0 Å². The minimum atomic E-state index is -0.0809. The normalized spacial score (nSPS) is 17.7. The number of carbonyl (C=O) groups excluding carboxylic acids is 1. The van der Waals surface area contributed by atoms with Gasteiger partial charge in [-0.2, -0.15) is 0 Å². The van der Waals surface area contributed by atoms with Crippen LogP contribution >= 0.6 is 0 Å². The summed E-state index contributed by atoms with van der Waals surface area (Å²) in [6.07, 6.45) is 8.83. The molecule has 1 atom stereocenters. The second-order valence-electron chi connectivity index (χ2n) is 5.09. The van der Waals surface area contributed by atoms with E-state index in [0.29, 0.717) is 12.5 Å². The van der Waals surface area contributed by atoms with E-state index in [1.807, 2.05) is 49.4 Å². The first kappa shape index (κ1) is 13.9. The minimum absolute atomic E-state index is 0.0680. The summed E-state index contributed by atoms with van der Waals surface area (Å²) in [5.74, 6) is 0.309. The lowest BCUT2D eigenvalue weighted by Gasteiger charge is -2.18. The van der Waals surface area contributed by atoms with E-state index in [1.54, 1.807) is 0 Å². The quantitative estimate of drug-likeness (QED) is 0.744. The summed E-state index contributed by atoms with van der Waals surface area (Å²) in [5.41, 5.74) is 1.13. The van der Waals surface area contributed by atoms with Crippen molar-refractivity contribution in [3.8, 4) is 0 Å². The van der Waals surface area contributed by atoms with Gasteiger partial charge in [-0.3, -0.25) is 4.79 Å². The molecule has 1 saturated carbocycles. The molecule has 0 aliphatic heterocycles. The van der Waals surface area contributed by atoms with Crippen molar-refractivity contribution in [2.75, 3.05) is 6.61 Å². The van der Waals surface area contributed by atoms with E-state index in [9.17, 15) is 4.79 Å². The third-order valence-corrected chi connectivity index (χ3v) is 3.76. The summed E-state index contributed by atoms with van der Waals surface area (Å²) in [5, 5.41) is 0. The Morgan fingerprint density at radius 1 is 1.32 bits per heavy atom. The van der Waals surface area contributed by atoms with Gasteiger partial charge in [0.05, 0.1) is 12.5 Å². The molecule has 0 spiro atoms. The highest BCUT2D eigenvalue weighted by molar-refractivity contribution is 5.76. The molecule has 2 rings (SSSR count). The van der Waals surface area contributed by atoms with Crippen LogP contribution in [0.1, 0.15) is 38.2 Å². The molecule has 0 N–H and O–H groups in total. The Hall–Kier alpha value is -1.57. The molecule has 2 heteroatoms. The first-order chi connectivity index (χ1) is 9.31. The maximum atomic E-state index is 12.1. The fourth-order valence-corrected chi connectivity index (χ4v) is 2.76. The van der Waals surface area contributed by atoms with Crippen molar-refractivity contribution in [2.45, 2.75) is 32.6 Å². The molecular weight excluding hydrogens is 236 g/mol. The Labute approximate surface area is 115 Å². The van der Waals surface area contributed by atoms with Crippen LogP contribution in [-0.4, -0.2) is 12.6 Å². The molecule has 0 unspecified atom stereocenters. The molecular formula is C17H22O2. The summed E-state index contributed by atoms with van der Waals surface area (Å²) < 4.78 is 5.21. The Bertz CT molecular complexity index is 416. The van der Waals surface area contributed by atoms with E-state index in [1.165, 1.54) is 12.8 Å². The van der Waals surface area contributed by atoms with Crippen LogP contribution in [0.15, 0.2) is 36.4 Å². The summed E-state index contributed by atoms with van der Waals surface area (Å²) in [6, 6.07) is 10.1. The molecule has 1 aromatic carbocycles. The van der Waals surface area contributed by atoms with E-state index in [0.717, 1.165) is 18.4 Å². The van der Waals surface area contributed by atoms with E-state index < -0.39 is 0 Å². The van der Waals surface area contributed by atoms with Gasteiger partial charge in [0, 0.05) is 0 Å². The first-order valence-electron chi connectivity index (χ1n) is 7.21. The topological polar surface area (TPSA) is 26.3 Å². The van der Waals surface area contributed by atoms with Gasteiger partial charge in [-0.1, -0.05) is 55.3 Å². The molecule has 0 amide bonds. The van der Waals surface area contributed by atoms with Gasteiger partial charge >= 0.3 is 5.97 Å². The standard InChI is InChI=1S/C17H22O2/c1-2-19-17(18)16(15-10-6-7-11-15)13-12-14-8-4-3-5-9-14/h3-5,8-9,12-13,15-16H,2,6-7,10-11H2,1H3/b13-12+/t16-/m0/s1. The van der Waals surface area contributed by atoms with Gasteiger partial charge in [0.1, 0.15) is 0 Å². The Kier molecular flexibility index (Phi) is 5.20. The predicted octanol–water partition coefficient (Wildman–Crippen LogP) is 4.07. The van der Waals surface area contributed by atoms with Crippen molar-refractivity contribution >= 4 is 12.0 Å². The summed E-state index contributed by atoms with van der Waals surface area (Å²) in [6.45, 7) is 2.33. The van der Waals surface area contributed by atoms with Crippen LogP contribution in [0.2, 0.25) is 0 Å². The van der Waals surface area contributed by atoms with Crippen LogP contribution in [0.25, 0.3) is 6.08 Å². The molecule has 2 nitrogen and oxygen atoms in total. The molecule has 0 aromatic heterocycles. The lowest BCUT2D eigenvalue weighted by atomic mass is 9.90. The lowest BCUT2D eigenvalue weighted by Crippen LogP contribution is -2.22. The average molecular weight is 258 g/mol. The number of rotatable bonds is 5. The molecule has 1 fully saturated rings. The molecule has 1 aliphatic carbocycles.